The lowest BCUT2D eigenvalue weighted by atomic mass is 9.94. The molecule has 37 heavy (non-hydrogen) atoms. The molecule has 2 aromatic carbocycles. The molecule has 0 aromatic heterocycles. The van der Waals surface area contributed by atoms with E-state index in [0.717, 1.165) is 10.7 Å². The number of fused-ring (bicyclic) bond motifs is 1. The molecule has 8 nitrogen and oxygen atoms in total. The number of amides is 1. The van der Waals surface area contributed by atoms with Crippen LogP contribution in [0.2, 0.25) is 10.0 Å². The molecule has 0 aliphatic carbocycles. The summed E-state index contributed by atoms with van der Waals surface area (Å²) in [6.45, 7) is 5.77. The minimum atomic E-state index is -0.459. The standard InChI is InChI=1S/C26H25Cl2N3O5S/c1-4-34-20-13-16(24-22(25(33)35-5-2)15(3)29-26-31(24)11-12-37-26)9-10-19(20)36-14-21(32)30-18-8-6-7-17(27)23(18)28/h6-13,24H,4-5,14H2,1-3H3,(H,30,32)/t24-/m0/s1. The van der Waals surface area contributed by atoms with Gasteiger partial charge in [0.25, 0.3) is 5.91 Å². The van der Waals surface area contributed by atoms with Crippen LogP contribution in [0.5, 0.6) is 11.5 Å². The van der Waals surface area contributed by atoms with E-state index in [1.807, 2.05) is 35.6 Å². The number of esters is 1. The van der Waals surface area contributed by atoms with E-state index in [9.17, 15) is 9.59 Å². The number of aliphatic imine (C=N–C) groups is 1. The number of halogens is 2. The lowest BCUT2D eigenvalue weighted by Gasteiger charge is -2.33. The highest BCUT2D eigenvalue weighted by molar-refractivity contribution is 8.16. The predicted molar refractivity (Wildman–Crippen MR) is 146 cm³/mol. The first-order chi connectivity index (χ1) is 17.8. The third-order valence-electron chi connectivity index (χ3n) is 5.48. The van der Waals surface area contributed by atoms with Crippen LogP contribution < -0.4 is 14.8 Å². The smallest absolute Gasteiger partial charge is 0.338 e. The van der Waals surface area contributed by atoms with Crippen molar-refractivity contribution in [3.8, 4) is 11.5 Å². The van der Waals surface area contributed by atoms with Crippen LogP contribution in [0, 0.1) is 0 Å². The van der Waals surface area contributed by atoms with Crippen LogP contribution >= 0.6 is 35.0 Å². The highest BCUT2D eigenvalue weighted by Gasteiger charge is 2.37. The Hall–Kier alpha value is -3.14. The van der Waals surface area contributed by atoms with Crippen LogP contribution in [-0.2, 0) is 14.3 Å². The maximum Gasteiger partial charge on any atom is 0.338 e. The van der Waals surface area contributed by atoms with E-state index in [1.54, 1.807) is 38.1 Å². The quantitative estimate of drug-likeness (QED) is 0.365. The molecule has 2 heterocycles. The van der Waals surface area contributed by atoms with E-state index in [4.69, 9.17) is 37.4 Å². The Morgan fingerprint density at radius 2 is 1.92 bits per heavy atom. The summed E-state index contributed by atoms with van der Waals surface area (Å²) >= 11 is 13.6. The fourth-order valence-corrected chi connectivity index (χ4v) is 5.05. The number of amidine groups is 1. The number of benzene rings is 2. The van der Waals surface area contributed by atoms with Crippen molar-refractivity contribution < 1.29 is 23.8 Å². The van der Waals surface area contributed by atoms with Crippen molar-refractivity contribution in [3.05, 3.63) is 74.9 Å². The lowest BCUT2D eigenvalue weighted by molar-refractivity contribution is -0.139. The SMILES string of the molecule is CCOC(=O)C1=C(C)N=C2SC=CN2[C@H]1c1ccc(OCC(=O)Nc2cccc(Cl)c2Cl)c(OCC)c1. The van der Waals surface area contributed by atoms with Crippen molar-refractivity contribution in [3.63, 3.8) is 0 Å². The number of anilines is 1. The summed E-state index contributed by atoms with van der Waals surface area (Å²) in [5.74, 6) is -0.0133. The number of nitrogens with zero attached hydrogens (tertiary/aromatic N) is 2. The third-order valence-corrected chi connectivity index (χ3v) is 7.07. The fourth-order valence-electron chi connectivity index (χ4n) is 3.91. The van der Waals surface area contributed by atoms with E-state index in [2.05, 4.69) is 10.3 Å². The van der Waals surface area contributed by atoms with Crippen LogP contribution in [0.3, 0.4) is 0 Å². The number of rotatable bonds is 9. The Bertz CT molecular complexity index is 1310. The van der Waals surface area contributed by atoms with Gasteiger partial charge in [-0.15, -0.1) is 0 Å². The zero-order chi connectivity index (χ0) is 26.5. The minimum absolute atomic E-state index is 0.252. The van der Waals surface area contributed by atoms with Gasteiger partial charge in [-0.3, -0.25) is 4.79 Å². The topological polar surface area (TPSA) is 89.5 Å². The minimum Gasteiger partial charge on any atom is -0.490 e. The van der Waals surface area contributed by atoms with Gasteiger partial charge in [-0.05, 0) is 56.0 Å². The molecule has 0 saturated carbocycles. The monoisotopic (exact) mass is 561 g/mol. The van der Waals surface area contributed by atoms with Gasteiger partial charge >= 0.3 is 5.97 Å². The second-order valence-corrected chi connectivity index (χ2v) is 9.56. The summed E-state index contributed by atoms with van der Waals surface area (Å²) in [6, 6.07) is 9.87. The van der Waals surface area contributed by atoms with Crippen molar-refractivity contribution >= 4 is 57.7 Å². The van der Waals surface area contributed by atoms with E-state index in [-0.39, 0.29) is 18.2 Å². The molecule has 4 rings (SSSR count). The molecular formula is C26H25Cl2N3O5S. The number of ether oxygens (including phenoxy) is 3. The molecule has 0 fully saturated rings. The summed E-state index contributed by atoms with van der Waals surface area (Å²) in [5, 5.41) is 5.96. The van der Waals surface area contributed by atoms with Crippen molar-refractivity contribution in [2.75, 3.05) is 25.1 Å². The van der Waals surface area contributed by atoms with Gasteiger partial charge in [-0.2, -0.15) is 0 Å². The van der Waals surface area contributed by atoms with Gasteiger partial charge in [0.15, 0.2) is 23.3 Å². The van der Waals surface area contributed by atoms with Crippen LogP contribution in [-0.4, -0.2) is 41.8 Å². The molecule has 11 heteroatoms. The van der Waals surface area contributed by atoms with Gasteiger partial charge in [-0.1, -0.05) is 47.1 Å². The van der Waals surface area contributed by atoms with E-state index in [1.165, 1.54) is 11.8 Å². The Labute approximate surface area is 229 Å². The van der Waals surface area contributed by atoms with Crippen molar-refractivity contribution in [2.24, 2.45) is 4.99 Å². The van der Waals surface area contributed by atoms with Gasteiger partial charge in [0, 0.05) is 6.20 Å². The van der Waals surface area contributed by atoms with Crippen molar-refractivity contribution in [2.45, 2.75) is 26.8 Å². The molecule has 2 aromatic rings. The average Bonchev–Trinajstić information content (AvgIpc) is 3.33. The largest absolute Gasteiger partial charge is 0.490 e. The number of nitrogens with one attached hydrogen (secondary N) is 1. The van der Waals surface area contributed by atoms with Gasteiger partial charge < -0.3 is 24.4 Å². The summed E-state index contributed by atoms with van der Waals surface area (Å²) in [4.78, 5) is 31.9. The van der Waals surface area contributed by atoms with Crippen molar-refractivity contribution in [1.29, 1.82) is 0 Å². The first kappa shape index (κ1) is 26.9. The molecule has 0 spiro atoms. The lowest BCUT2D eigenvalue weighted by Crippen LogP contribution is -2.34. The molecule has 0 bridgehead atoms. The summed E-state index contributed by atoms with van der Waals surface area (Å²) < 4.78 is 17.0. The Kier molecular flexibility index (Phi) is 8.68. The zero-order valence-corrected chi connectivity index (χ0v) is 22.7. The maximum absolute atomic E-state index is 12.9. The Morgan fingerprint density at radius 3 is 2.68 bits per heavy atom. The third kappa shape index (κ3) is 5.89. The second-order valence-electron chi connectivity index (χ2n) is 7.90. The maximum atomic E-state index is 12.9. The molecule has 2 aliphatic heterocycles. The van der Waals surface area contributed by atoms with Gasteiger partial charge in [-0.25, -0.2) is 9.79 Å². The first-order valence-electron chi connectivity index (χ1n) is 11.6. The highest BCUT2D eigenvalue weighted by Crippen LogP contribution is 2.43. The molecule has 1 atom stereocenters. The normalized spacial score (nSPS) is 16.3. The van der Waals surface area contributed by atoms with Gasteiger partial charge in [0.2, 0.25) is 0 Å². The Balaban J connectivity index is 1.58. The number of carbonyl (C=O) groups excluding carboxylic acids is 2. The van der Waals surface area contributed by atoms with Crippen LogP contribution in [0.15, 0.2) is 64.3 Å². The summed E-state index contributed by atoms with van der Waals surface area (Å²) in [7, 11) is 0. The Morgan fingerprint density at radius 1 is 1.11 bits per heavy atom. The summed E-state index contributed by atoms with van der Waals surface area (Å²) in [6.07, 6.45) is 1.88. The van der Waals surface area contributed by atoms with E-state index < -0.39 is 17.9 Å². The average molecular weight is 562 g/mol. The van der Waals surface area contributed by atoms with Gasteiger partial charge in [0.1, 0.15) is 0 Å². The predicted octanol–water partition coefficient (Wildman–Crippen LogP) is 6.18. The van der Waals surface area contributed by atoms with Crippen LogP contribution in [0.1, 0.15) is 32.4 Å². The number of hydrogen-bond donors (Lipinski definition) is 1. The molecule has 2 aliphatic rings. The van der Waals surface area contributed by atoms with Crippen LogP contribution in [0.4, 0.5) is 5.69 Å². The van der Waals surface area contributed by atoms with Crippen molar-refractivity contribution in [1.82, 2.24) is 4.90 Å². The van der Waals surface area contributed by atoms with E-state index >= 15 is 0 Å². The fraction of sp³-hybridized carbons (Fsp3) is 0.269. The number of thioether (sulfide) groups is 1. The van der Waals surface area contributed by atoms with Crippen LogP contribution in [0.25, 0.3) is 0 Å². The second kappa shape index (κ2) is 11.9. The molecule has 194 valence electrons. The summed E-state index contributed by atoms with van der Waals surface area (Å²) in [5.41, 5.74) is 2.23. The van der Waals surface area contributed by atoms with E-state index in [0.29, 0.717) is 40.1 Å². The van der Waals surface area contributed by atoms with Gasteiger partial charge in [0.05, 0.1) is 46.3 Å². The molecule has 0 radical (unpaired) electrons. The number of hydrogen-bond acceptors (Lipinski definition) is 8. The highest BCUT2D eigenvalue weighted by atomic mass is 35.5. The molecule has 0 saturated heterocycles. The molecule has 1 amide bonds. The first-order valence-corrected chi connectivity index (χ1v) is 13.2. The molecule has 1 N–H and O–H groups in total. The zero-order valence-electron chi connectivity index (χ0n) is 20.4. The molecular weight excluding hydrogens is 537 g/mol. The number of allylic oxidation sites excluding steroid dienone is 1. The number of carbonyl (C=O) groups is 2. The molecule has 0 unspecified atom stereocenters.